The van der Waals surface area contributed by atoms with E-state index in [1.165, 1.54) is 6.07 Å². The Balaban J connectivity index is 3.46. The minimum absolute atomic E-state index is 0.0252. The number of alkyl halides is 3. The summed E-state index contributed by atoms with van der Waals surface area (Å²) in [7, 11) is 0. The number of aliphatic imine (C=N–C) groups is 1. The molecule has 1 N–H and O–H groups in total. The number of hydrogen-bond donors (Lipinski definition) is 1. The van der Waals surface area contributed by atoms with Crippen molar-refractivity contribution in [1.82, 2.24) is 5.32 Å². The molecular weight excluding hydrogens is 367 g/mol. The SMILES string of the molecule is CSC(=Nc1c(Cl)cc(Br)cc1C(F)(F)F)NC#N. The molecule has 1 aromatic rings. The van der Waals surface area contributed by atoms with E-state index in [0.29, 0.717) is 0 Å². The molecule has 0 heterocycles. The van der Waals surface area contributed by atoms with Gasteiger partial charge in [0.1, 0.15) is 0 Å². The standard InChI is InChI=1S/C10H6BrClF3N3S/c1-19-9(17-4-16)18-8-6(10(13,14)15)2-5(11)3-7(8)12/h2-3H,1H3,(H,17,18). The number of halogens is 5. The Labute approximate surface area is 125 Å². The van der Waals surface area contributed by atoms with Crippen molar-refractivity contribution in [2.45, 2.75) is 6.18 Å². The van der Waals surface area contributed by atoms with Crippen molar-refractivity contribution in [2.24, 2.45) is 4.99 Å². The van der Waals surface area contributed by atoms with Gasteiger partial charge in [-0.1, -0.05) is 39.3 Å². The first-order valence-electron chi connectivity index (χ1n) is 4.63. The highest BCUT2D eigenvalue weighted by molar-refractivity contribution is 9.10. The minimum Gasteiger partial charge on any atom is -0.271 e. The number of benzene rings is 1. The number of hydrogen-bond acceptors (Lipinski definition) is 3. The summed E-state index contributed by atoms with van der Waals surface area (Å²) >= 11 is 9.73. The fraction of sp³-hybridized carbons (Fsp3) is 0.200. The van der Waals surface area contributed by atoms with E-state index in [9.17, 15) is 13.2 Å². The second-order valence-corrected chi connectivity index (χ2v) is 5.26. The molecule has 0 aromatic heterocycles. The summed E-state index contributed by atoms with van der Waals surface area (Å²) in [6.07, 6.45) is -1.43. The zero-order valence-electron chi connectivity index (χ0n) is 9.35. The third kappa shape index (κ3) is 4.30. The number of amidine groups is 1. The van der Waals surface area contributed by atoms with Gasteiger partial charge in [0.15, 0.2) is 11.4 Å². The van der Waals surface area contributed by atoms with Gasteiger partial charge >= 0.3 is 6.18 Å². The molecule has 0 amide bonds. The largest absolute Gasteiger partial charge is 0.418 e. The summed E-state index contributed by atoms with van der Waals surface area (Å²) in [5.41, 5.74) is -1.40. The molecule has 3 nitrogen and oxygen atoms in total. The van der Waals surface area contributed by atoms with Gasteiger partial charge in [-0.2, -0.15) is 18.4 Å². The smallest absolute Gasteiger partial charge is 0.271 e. The predicted octanol–water partition coefficient (Wildman–Crippen LogP) is 4.54. The van der Waals surface area contributed by atoms with E-state index in [0.717, 1.165) is 17.8 Å². The van der Waals surface area contributed by atoms with E-state index < -0.39 is 17.4 Å². The summed E-state index contributed by atoms with van der Waals surface area (Å²) < 4.78 is 38.9. The van der Waals surface area contributed by atoms with E-state index >= 15 is 0 Å². The lowest BCUT2D eigenvalue weighted by atomic mass is 10.2. The van der Waals surface area contributed by atoms with Crippen molar-refractivity contribution in [2.75, 3.05) is 6.26 Å². The Morgan fingerprint density at radius 3 is 2.63 bits per heavy atom. The lowest BCUT2D eigenvalue weighted by molar-refractivity contribution is -0.137. The Morgan fingerprint density at radius 1 is 1.53 bits per heavy atom. The van der Waals surface area contributed by atoms with Crippen LogP contribution in [0.2, 0.25) is 5.02 Å². The first-order valence-corrected chi connectivity index (χ1v) is 7.03. The van der Waals surface area contributed by atoms with Gasteiger partial charge in [0, 0.05) is 4.47 Å². The van der Waals surface area contributed by atoms with E-state index in [2.05, 4.69) is 26.2 Å². The highest BCUT2D eigenvalue weighted by Gasteiger charge is 2.35. The number of nitrogens with one attached hydrogen (secondary N) is 1. The van der Waals surface area contributed by atoms with E-state index in [-0.39, 0.29) is 14.7 Å². The van der Waals surface area contributed by atoms with Crippen LogP contribution in [0.15, 0.2) is 21.6 Å². The number of rotatable bonds is 1. The molecule has 0 saturated heterocycles. The fourth-order valence-electron chi connectivity index (χ4n) is 1.17. The van der Waals surface area contributed by atoms with Crippen molar-refractivity contribution >= 4 is 50.1 Å². The van der Waals surface area contributed by atoms with Gasteiger partial charge in [0.2, 0.25) is 0 Å². The Kier molecular flexibility index (Phi) is 5.52. The number of nitrogens with zero attached hydrogens (tertiary/aromatic N) is 2. The zero-order valence-corrected chi connectivity index (χ0v) is 12.5. The van der Waals surface area contributed by atoms with Crippen molar-refractivity contribution < 1.29 is 13.2 Å². The van der Waals surface area contributed by atoms with Crippen LogP contribution in [0, 0.1) is 11.5 Å². The van der Waals surface area contributed by atoms with Gasteiger partial charge in [-0.3, -0.25) is 5.32 Å². The third-order valence-corrected chi connectivity index (χ3v) is 3.23. The average Bonchev–Trinajstić information content (AvgIpc) is 2.29. The second kappa shape index (κ2) is 6.50. The minimum atomic E-state index is -4.59. The molecule has 0 aliphatic heterocycles. The van der Waals surface area contributed by atoms with E-state index in [4.69, 9.17) is 16.9 Å². The van der Waals surface area contributed by atoms with Crippen LogP contribution >= 0.6 is 39.3 Å². The van der Waals surface area contributed by atoms with Gasteiger partial charge in [0.25, 0.3) is 0 Å². The maximum Gasteiger partial charge on any atom is 0.418 e. The lowest BCUT2D eigenvalue weighted by Crippen LogP contribution is -2.13. The normalized spacial score (nSPS) is 12.2. The quantitative estimate of drug-likeness (QED) is 0.341. The van der Waals surface area contributed by atoms with Crippen molar-refractivity contribution in [3.8, 4) is 6.19 Å². The highest BCUT2D eigenvalue weighted by atomic mass is 79.9. The average molecular weight is 373 g/mol. The molecule has 0 spiro atoms. The molecule has 1 rings (SSSR count). The van der Waals surface area contributed by atoms with Crippen LogP contribution in [0.3, 0.4) is 0 Å². The first-order chi connectivity index (χ1) is 8.79. The molecule has 0 fully saturated rings. The Hall–Kier alpha value is -0.910. The van der Waals surface area contributed by atoms with Gasteiger partial charge in [-0.15, -0.1) is 0 Å². The second-order valence-electron chi connectivity index (χ2n) is 3.14. The van der Waals surface area contributed by atoms with E-state index in [1.807, 2.05) is 0 Å². The van der Waals surface area contributed by atoms with Crippen LogP contribution in [0.4, 0.5) is 18.9 Å². The molecule has 1 aromatic carbocycles. The number of thioether (sulfide) groups is 1. The predicted molar refractivity (Wildman–Crippen MR) is 73.5 cm³/mol. The van der Waals surface area contributed by atoms with Crippen LogP contribution in [-0.4, -0.2) is 11.4 Å². The molecule has 0 radical (unpaired) electrons. The van der Waals surface area contributed by atoms with Crippen LogP contribution in [0.5, 0.6) is 0 Å². The van der Waals surface area contributed by atoms with Crippen LogP contribution in [0.1, 0.15) is 5.56 Å². The van der Waals surface area contributed by atoms with Gasteiger partial charge in [-0.05, 0) is 18.4 Å². The van der Waals surface area contributed by atoms with Gasteiger partial charge in [-0.25, -0.2) is 4.99 Å². The first kappa shape index (κ1) is 16.1. The molecule has 0 atom stereocenters. The monoisotopic (exact) mass is 371 g/mol. The number of nitriles is 1. The van der Waals surface area contributed by atoms with Crippen LogP contribution < -0.4 is 5.32 Å². The maximum atomic E-state index is 12.9. The summed E-state index contributed by atoms with van der Waals surface area (Å²) in [4.78, 5) is 3.75. The van der Waals surface area contributed by atoms with Crippen molar-refractivity contribution in [3.05, 3.63) is 27.2 Å². The molecule has 19 heavy (non-hydrogen) atoms. The van der Waals surface area contributed by atoms with Crippen molar-refractivity contribution in [1.29, 1.82) is 5.26 Å². The zero-order chi connectivity index (χ0) is 14.6. The molecule has 0 aliphatic rings. The fourth-order valence-corrected chi connectivity index (χ4v) is 2.35. The van der Waals surface area contributed by atoms with Crippen LogP contribution in [0.25, 0.3) is 0 Å². The summed E-state index contributed by atoms with van der Waals surface area (Å²) in [5, 5.41) is 10.5. The van der Waals surface area contributed by atoms with Gasteiger partial charge < -0.3 is 0 Å². The molecule has 0 bridgehead atoms. The summed E-state index contributed by atoms with van der Waals surface area (Å²) in [6.45, 7) is 0. The molecule has 0 saturated carbocycles. The summed E-state index contributed by atoms with van der Waals surface area (Å²) in [6, 6.07) is 2.19. The lowest BCUT2D eigenvalue weighted by Gasteiger charge is -2.12. The van der Waals surface area contributed by atoms with Crippen LogP contribution in [-0.2, 0) is 6.18 Å². The molecule has 102 valence electrons. The molecular formula is C10H6BrClF3N3S. The van der Waals surface area contributed by atoms with E-state index in [1.54, 1.807) is 12.4 Å². The highest BCUT2D eigenvalue weighted by Crippen LogP contribution is 2.42. The molecule has 9 heteroatoms. The van der Waals surface area contributed by atoms with Gasteiger partial charge in [0.05, 0.1) is 16.3 Å². The third-order valence-electron chi connectivity index (χ3n) is 1.90. The topological polar surface area (TPSA) is 48.2 Å². The molecule has 0 unspecified atom stereocenters. The Morgan fingerprint density at radius 2 is 2.16 bits per heavy atom. The molecule has 0 aliphatic carbocycles. The maximum absolute atomic E-state index is 12.9. The van der Waals surface area contributed by atoms with Crippen molar-refractivity contribution in [3.63, 3.8) is 0 Å². The summed E-state index contributed by atoms with van der Waals surface area (Å²) in [5.74, 6) is 0. The Bertz CT molecular complexity index is 554.